The minimum Gasteiger partial charge on any atom is -0.355 e. The number of halogens is 1. The number of amides is 1. The summed E-state index contributed by atoms with van der Waals surface area (Å²) in [7, 11) is 1.16. The van der Waals surface area contributed by atoms with Gasteiger partial charge in [0.15, 0.2) is 0 Å². The average Bonchev–Trinajstić information content (AvgIpc) is 2.50. The number of hydrogen-bond acceptors (Lipinski definition) is 6. The fraction of sp³-hybridized carbons (Fsp3) is 0.643. The number of unbranched alkanes of at least 4 members (excludes halogenated alkanes) is 3. The van der Waals surface area contributed by atoms with Crippen molar-refractivity contribution in [1.82, 2.24) is 5.32 Å². The van der Waals surface area contributed by atoms with Gasteiger partial charge in [-0.1, -0.05) is 18.9 Å². The van der Waals surface area contributed by atoms with Gasteiger partial charge < -0.3 is 20.9 Å². The standard InChI is InChI=1S/C14H23N3O5.BrH/c1-22-14(19)7-6-11(10-12(14)17(20)21)13(18)16-9-5-3-2-4-8-15;/h6-7,10-11,19H,2-5,8-9,15H2,1H3,(H,16,18);1H. The summed E-state index contributed by atoms with van der Waals surface area (Å²) in [5.74, 6) is -3.23. The number of ether oxygens (including phenoxy) is 1. The van der Waals surface area contributed by atoms with Crippen molar-refractivity contribution >= 4 is 22.9 Å². The molecule has 1 rings (SSSR count). The Labute approximate surface area is 145 Å². The van der Waals surface area contributed by atoms with Crippen LogP contribution in [0.15, 0.2) is 23.9 Å². The molecular weight excluding hydrogens is 370 g/mol. The van der Waals surface area contributed by atoms with Crippen molar-refractivity contribution in [1.29, 1.82) is 0 Å². The van der Waals surface area contributed by atoms with Crippen LogP contribution in [0.25, 0.3) is 0 Å². The quantitative estimate of drug-likeness (QED) is 0.175. The monoisotopic (exact) mass is 393 g/mol. The summed E-state index contributed by atoms with van der Waals surface area (Å²) < 4.78 is 4.73. The van der Waals surface area contributed by atoms with Gasteiger partial charge in [0.2, 0.25) is 5.91 Å². The highest BCUT2D eigenvalue weighted by Gasteiger charge is 2.42. The smallest absolute Gasteiger partial charge is 0.306 e. The fourth-order valence-electron chi connectivity index (χ4n) is 2.14. The lowest BCUT2D eigenvalue weighted by molar-refractivity contribution is -0.457. The third kappa shape index (κ3) is 6.38. The second-order valence-corrected chi connectivity index (χ2v) is 5.09. The van der Waals surface area contributed by atoms with Gasteiger partial charge in [-0.15, -0.1) is 17.0 Å². The van der Waals surface area contributed by atoms with Gasteiger partial charge >= 0.3 is 5.70 Å². The molecule has 8 nitrogen and oxygen atoms in total. The first-order chi connectivity index (χ1) is 10.4. The zero-order valence-electron chi connectivity index (χ0n) is 13.1. The lowest BCUT2D eigenvalue weighted by Gasteiger charge is -2.24. The molecule has 9 heteroatoms. The van der Waals surface area contributed by atoms with E-state index in [0.29, 0.717) is 13.1 Å². The minimum atomic E-state index is -2.09. The number of nitrogens with zero attached hydrogens (tertiary/aromatic N) is 1. The first kappa shape index (κ1) is 21.7. The van der Waals surface area contributed by atoms with Crippen molar-refractivity contribution in [2.24, 2.45) is 11.7 Å². The van der Waals surface area contributed by atoms with E-state index in [0.717, 1.165) is 44.9 Å². The summed E-state index contributed by atoms with van der Waals surface area (Å²) in [5, 5.41) is 23.6. The van der Waals surface area contributed by atoms with Crippen LogP contribution in [0, 0.1) is 16.0 Å². The first-order valence-electron chi connectivity index (χ1n) is 7.26. The predicted octanol–water partition coefficient (Wildman–Crippen LogP) is 0.881. The molecule has 0 fully saturated rings. The Morgan fingerprint density at radius 2 is 2.13 bits per heavy atom. The largest absolute Gasteiger partial charge is 0.355 e. The zero-order valence-corrected chi connectivity index (χ0v) is 14.8. The van der Waals surface area contributed by atoms with Gasteiger partial charge in [-0.25, -0.2) is 0 Å². The third-order valence-electron chi connectivity index (χ3n) is 3.47. The molecule has 132 valence electrons. The molecular formula is C14H24BrN3O5. The Hall–Kier alpha value is -1.29. The molecule has 1 aliphatic rings. The Bertz CT molecular complexity index is 469. The molecule has 2 atom stereocenters. The van der Waals surface area contributed by atoms with Crippen molar-refractivity contribution in [2.45, 2.75) is 31.5 Å². The number of rotatable bonds is 9. The number of nitro groups is 1. The molecule has 2 unspecified atom stereocenters. The fourth-order valence-corrected chi connectivity index (χ4v) is 2.14. The van der Waals surface area contributed by atoms with E-state index < -0.39 is 22.3 Å². The number of carbonyl (C=O) groups is 1. The maximum atomic E-state index is 12.0. The second-order valence-electron chi connectivity index (χ2n) is 5.09. The molecule has 0 aromatic carbocycles. The van der Waals surface area contributed by atoms with Crippen molar-refractivity contribution in [3.05, 3.63) is 34.0 Å². The molecule has 0 aromatic rings. The maximum absolute atomic E-state index is 12.0. The van der Waals surface area contributed by atoms with Crippen LogP contribution in [-0.4, -0.2) is 41.9 Å². The van der Waals surface area contributed by atoms with Crippen LogP contribution >= 0.6 is 17.0 Å². The van der Waals surface area contributed by atoms with E-state index >= 15 is 0 Å². The van der Waals surface area contributed by atoms with E-state index in [4.69, 9.17) is 10.5 Å². The van der Waals surface area contributed by atoms with Crippen LogP contribution < -0.4 is 11.1 Å². The molecule has 4 N–H and O–H groups in total. The summed E-state index contributed by atoms with van der Waals surface area (Å²) >= 11 is 0. The maximum Gasteiger partial charge on any atom is 0.306 e. The summed E-state index contributed by atoms with van der Waals surface area (Å²) in [6.45, 7) is 1.17. The van der Waals surface area contributed by atoms with Gasteiger partial charge in [0.05, 0.1) is 10.8 Å². The summed E-state index contributed by atoms with van der Waals surface area (Å²) in [4.78, 5) is 22.2. The summed E-state index contributed by atoms with van der Waals surface area (Å²) in [6, 6.07) is 0. The number of hydrogen-bond donors (Lipinski definition) is 3. The van der Waals surface area contributed by atoms with Gasteiger partial charge in [0.1, 0.15) is 0 Å². The Morgan fingerprint density at radius 1 is 1.48 bits per heavy atom. The average molecular weight is 394 g/mol. The molecule has 1 aliphatic carbocycles. The van der Waals surface area contributed by atoms with E-state index in [9.17, 15) is 20.0 Å². The van der Waals surface area contributed by atoms with Crippen LogP contribution in [0.3, 0.4) is 0 Å². The Balaban J connectivity index is 0.00000484. The minimum absolute atomic E-state index is 0. The Morgan fingerprint density at radius 3 is 2.70 bits per heavy atom. The van der Waals surface area contributed by atoms with Crippen LogP contribution in [-0.2, 0) is 9.53 Å². The molecule has 23 heavy (non-hydrogen) atoms. The van der Waals surface area contributed by atoms with Crippen molar-refractivity contribution < 1.29 is 19.6 Å². The number of carbonyl (C=O) groups excluding carboxylic acids is 1. The van der Waals surface area contributed by atoms with Gasteiger partial charge in [0, 0.05) is 19.7 Å². The highest BCUT2D eigenvalue weighted by molar-refractivity contribution is 8.93. The molecule has 0 aliphatic heterocycles. The van der Waals surface area contributed by atoms with Crippen molar-refractivity contribution in [3.63, 3.8) is 0 Å². The Kier molecular flexibility index (Phi) is 9.89. The highest BCUT2D eigenvalue weighted by atomic mass is 79.9. The number of nitrogens with one attached hydrogen (secondary N) is 1. The van der Waals surface area contributed by atoms with Gasteiger partial charge in [-0.2, -0.15) is 0 Å². The van der Waals surface area contributed by atoms with E-state index in [1.807, 2.05) is 0 Å². The van der Waals surface area contributed by atoms with E-state index in [2.05, 4.69) is 5.32 Å². The molecule has 1 amide bonds. The van der Waals surface area contributed by atoms with Crippen molar-refractivity contribution in [3.8, 4) is 0 Å². The van der Waals surface area contributed by atoms with Gasteiger partial charge in [0.25, 0.3) is 5.79 Å². The van der Waals surface area contributed by atoms with Gasteiger partial charge in [-0.05, 0) is 25.5 Å². The SMILES string of the molecule is Br.COC1(O)C=CC(C(=O)NCCCCCCN)C=C1[N+](=O)[O-]. The molecule has 0 saturated heterocycles. The summed E-state index contributed by atoms with van der Waals surface area (Å²) in [5.41, 5.74) is 4.84. The lowest BCUT2D eigenvalue weighted by Crippen LogP contribution is -2.39. The van der Waals surface area contributed by atoms with E-state index in [1.165, 1.54) is 6.08 Å². The van der Waals surface area contributed by atoms with Crippen LogP contribution in [0.2, 0.25) is 0 Å². The van der Waals surface area contributed by atoms with Gasteiger partial charge in [-0.3, -0.25) is 14.9 Å². The summed E-state index contributed by atoms with van der Waals surface area (Å²) in [6.07, 6.45) is 7.39. The van der Waals surface area contributed by atoms with Crippen molar-refractivity contribution in [2.75, 3.05) is 20.2 Å². The molecule has 0 spiro atoms. The lowest BCUT2D eigenvalue weighted by atomic mass is 9.96. The molecule has 0 aromatic heterocycles. The number of aliphatic hydroxyl groups is 1. The molecule has 0 bridgehead atoms. The van der Waals surface area contributed by atoms with Crippen LogP contribution in [0.1, 0.15) is 25.7 Å². The molecule has 0 radical (unpaired) electrons. The normalized spacial score (nSPS) is 22.9. The van der Waals surface area contributed by atoms with E-state index in [-0.39, 0.29) is 22.9 Å². The predicted molar refractivity (Wildman–Crippen MR) is 90.5 cm³/mol. The number of nitrogens with two attached hydrogens (primary N) is 1. The molecule has 0 saturated carbocycles. The second kappa shape index (κ2) is 10.5. The van der Waals surface area contributed by atoms with Crippen LogP contribution in [0.5, 0.6) is 0 Å². The topological polar surface area (TPSA) is 128 Å². The zero-order chi connectivity index (χ0) is 16.6. The first-order valence-corrected chi connectivity index (χ1v) is 7.26. The van der Waals surface area contributed by atoms with E-state index in [1.54, 1.807) is 0 Å². The highest BCUT2D eigenvalue weighted by Crippen LogP contribution is 2.27. The molecule has 0 heterocycles. The number of methoxy groups -OCH3 is 1. The third-order valence-corrected chi connectivity index (χ3v) is 3.47. The van der Waals surface area contributed by atoms with Crippen LogP contribution in [0.4, 0.5) is 0 Å².